The van der Waals surface area contributed by atoms with E-state index in [1.807, 2.05) is 0 Å². The van der Waals surface area contributed by atoms with Crippen LogP contribution in [-0.4, -0.2) is 47.5 Å². The van der Waals surface area contributed by atoms with Crippen LogP contribution < -0.4 is 5.73 Å². The predicted molar refractivity (Wildman–Crippen MR) is 64.2 cm³/mol. The summed E-state index contributed by atoms with van der Waals surface area (Å²) >= 11 is 0. The average Bonchev–Trinajstić information content (AvgIpc) is 2.72. The lowest BCUT2D eigenvalue weighted by atomic mass is 10.0. The van der Waals surface area contributed by atoms with Gasteiger partial charge in [-0.3, -0.25) is 4.90 Å². The van der Waals surface area contributed by atoms with Gasteiger partial charge in [0.2, 0.25) is 0 Å². The molecule has 0 radical (unpaired) electrons. The minimum atomic E-state index is -4.28. The molecule has 0 aliphatic carbocycles. The number of nitrogens with zero attached hydrogens (tertiary/aromatic N) is 1. The van der Waals surface area contributed by atoms with E-state index >= 15 is 0 Å². The number of rotatable bonds is 6. The molecule has 108 valence electrons. The van der Waals surface area contributed by atoms with E-state index in [1.165, 1.54) is 4.90 Å². The zero-order valence-electron chi connectivity index (χ0n) is 10.8. The molecular formula is C12H23F3N2O. The molecule has 18 heavy (non-hydrogen) atoms. The van der Waals surface area contributed by atoms with Crippen molar-refractivity contribution in [2.24, 2.45) is 5.73 Å². The second-order valence-electron chi connectivity index (χ2n) is 4.96. The molecule has 0 aromatic heterocycles. The third kappa shape index (κ3) is 3.83. The molecule has 0 spiro atoms. The number of alkyl halides is 3. The largest absolute Gasteiger partial charge is 0.405 e. The maximum absolute atomic E-state index is 13.1. The lowest BCUT2D eigenvalue weighted by Crippen LogP contribution is -2.57. The number of halogens is 3. The molecule has 1 saturated heterocycles. The van der Waals surface area contributed by atoms with Gasteiger partial charge in [0.1, 0.15) is 6.04 Å². The molecule has 0 aromatic carbocycles. The van der Waals surface area contributed by atoms with Crippen LogP contribution in [0, 0.1) is 0 Å². The first-order valence-electron chi connectivity index (χ1n) is 6.60. The molecule has 0 saturated carbocycles. The van der Waals surface area contributed by atoms with Crippen LogP contribution in [0.2, 0.25) is 0 Å². The monoisotopic (exact) mass is 268 g/mol. The van der Waals surface area contributed by atoms with Crippen molar-refractivity contribution in [3.05, 3.63) is 0 Å². The van der Waals surface area contributed by atoms with Gasteiger partial charge in [-0.1, -0.05) is 6.92 Å². The summed E-state index contributed by atoms with van der Waals surface area (Å²) in [5.41, 5.74) is 5.66. The average molecular weight is 268 g/mol. The second-order valence-corrected chi connectivity index (χ2v) is 4.96. The molecule has 3 unspecified atom stereocenters. The van der Waals surface area contributed by atoms with Gasteiger partial charge >= 0.3 is 6.18 Å². The molecule has 3 N–H and O–H groups in total. The Balaban J connectivity index is 2.77. The van der Waals surface area contributed by atoms with Gasteiger partial charge in [0.25, 0.3) is 0 Å². The minimum Gasteiger partial charge on any atom is -0.396 e. The summed E-state index contributed by atoms with van der Waals surface area (Å²) in [6.07, 6.45) is -1.26. The molecular weight excluding hydrogens is 245 g/mol. The third-order valence-electron chi connectivity index (χ3n) is 3.69. The number of hydrogen-bond acceptors (Lipinski definition) is 3. The van der Waals surface area contributed by atoms with E-state index in [-0.39, 0.29) is 12.6 Å². The summed E-state index contributed by atoms with van der Waals surface area (Å²) in [4.78, 5) is 1.50. The van der Waals surface area contributed by atoms with Crippen molar-refractivity contribution in [2.45, 2.75) is 63.3 Å². The van der Waals surface area contributed by atoms with Crippen LogP contribution in [-0.2, 0) is 0 Å². The topological polar surface area (TPSA) is 49.5 Å². The SMILES string of the molecule is CCC(N)C(N1CCCC1CCCO)C(F)(F)F. The number of likely N-dealkylation sites (tertiary alicyclic amines) is 1. The zero-order chi connectivity index (χ0) is 13.8. The highest BCUT2D eigenvalue weighted by molar-refractivity contribution is 4.93. The molecule has 6 heteroatoms. The maximum Gasteiger partial charge on any atom is 0.405 e. The first kappa shape index (κ1) is 15.7. The van der Waals surface area contributed by atoms with Crippen molar-refractivity contribution in [1.29, 1.82) is 0 Å². The first-order valence-corrected chi connectivity index (χ1v) is 6.60. The predicted octanol–water partition coefficient (Wildman–Crippen LogP) is 1.89. The van der Waals surface area contributed by atoms with E-state index < -0.39 is 18.3 Å². The normalized spacial score (nSPS) is 25.3. The van der Waals surface area contributed by atoms with Gasteiger partial charge in [0.05, 0.1) is 0 Å². The fraction of sp³-hybridized carbons (Fsp3) is 1.00. The van der Waals surface area contributed by atoms with Crippen LogP contribution in [0.4, 0.5) is 13.2 Å². The highest BCUT2D eigenvalue weighted by atomic mass is 19.4. The fourth-order valence-electron chi connectivity index (χ4n) is 2.76. The fourth-order valence-corrected chi connectivity index (χ4v) is 2.76. The molecule has 3 atom stereocenters. The van der Waals surface area contributed by atoms with Crippen LogP contribution in [0.15, 0.2) is 0 Å². The van der Waals surface area contributed by atoms with Crippen molar-refractivity contribution >= 4 is 0 Å². The number of nitrogens with two attached hydrogens (primary N) is 1. The van der Waals surface area contributed by atoms with E-state index in [4.69, 9.17) is 10.8 Å². The Kier molecular flexibility index (Phi) is 5.88. The Labute approximate surface area is 106 Å². The van der Waals surface area contributed by atoms with Gasteiger partial charge in [-0.25, -0.2) is 0 Å². The first-order chi connectivity index (χ1) is 8.41. The van der Waals surface area contributed by atoms with Crippen molar-refractivity contribution in [1.82, 2.24) is 4.90 Å². The molecule has 1 heterocycles. The van der Waals surface area contributed by atoms with Crippen molar-refractivity contribution in [2.75, 3.05) is 13.2 Å². The molecule has 0 aromatic rings. The van der Waals surface area contributed by atoms with Gasteiger partial charge in [-0.15, -0.1) is 0 Å². The van der Waals surface area contributed by atoms with E-state index in [0.29, 0.717) is 25.8 Å². The zero-order valence-corrected chi connectivity index (χ0v) is 10.8. The molecule has 1 aliphatic heterocycles. The lowest BCUT2D eigenvalue weighted by Gasteiger charge is -2.37. The Morgan fingerprint density at radius 3 is 2.61 bits per heavy atom. The van der Waals surface area contributed by atoms with Gasteiger partial charge < -0.3 is 10.8 Å². The summed E-state index contributed by atoms with van der Waals surface area (Å²) in [7, 11) is 0. The van der Waals surface area contributed by atoms with Crippen molar-refractivity contribution in [3.8, 4) is 0 Å². The Bertz CT molecular complexity index is 248. The summed E-state index contributed by atoms with van der Waals surface area (Å²) in [5, 5.41) is 8.80. The highest BCUT2D eigenvalue weighted by Gasteiger charge is 2.49. The Hall–Kier alpha value is -0.330. The number of aliphatic hydroxyl groups excluding tert-OH is 1. The third-order valence-corrected chi connectivity index (χ3v) is 3.69. The smallest absolute Gasteiger partial charge is 0.396 e. The molecule has 0 bridgehead atoms. The Morgan fingerprint density at radius 1 is 1.44 bits per heavy atom. The van der Waals surface area contributed by atoms with Gasteiger partial charge in [-0.2, -0.15) is 13.2 Å². The van der Waals surface area contributed by atoms with Crippen molar-refractivity contribution < 1.29 is 18.3 Å². The minimum absolute atomic E-state index is 0.0286. The Morgan fingerprint density at radius 2 is 2.11 bits per heavy atom. The van der Waals surface area contributed by atoms with Crippen LogP contribution in [0.25, 0.3) is 0 Å². The molecule has 1 fully saturated rings. The van der Waals surface area contributed by atoms with Gasteiger partial charge in [-0.05, 0) is 38.6 Å². The van der Waals surface area contributed by atoms with Crippen LogP contribution in [0.1, 0.15) is 39.0 Å². The maximum atomic E-state index is 13.1. The van der Waals surface area contributed by atoms with Gasteiger partial charge in [0.15, 0.2) is 0 Å². The number of aliphatic hydroxyl groups is 1. The molecule has 1 aliphatic rings. The standard InChI is InChI=1S/C12H23F3N2O/c1-2-10(16)11(12(13,14)15)17-7-3-5-9(17)6-4-8-18/h9-11,18H,2-8,16H2,1H3. The summed E-state index contributed by atoms with van der Waals surface area (Å²) < 4.78 is 39.4. The van der Waals surface area contributed by atoms with Crippen LogP contribution in [0.5, 0.6) is 0 Å². The molecule has 0 amide bonds. The van der Waals surface area contributed by atoms with Crippen molar-refractivity contribution in [3.63, 3.8) is 0 Å². The van der Waals surface area contributed by atoms with E-state index in [0.717, 1.165) is 12.8 Å². The molecule has 1 rings (SSSR count). The van der Waals surface area contributed by atoms with E-state index in [2.05, 4.69) is 0 Å². The van der Waals surface area contributed by atoms with E-state index in [9.17, 15) is 13.2 Å². The van der Waals surface area contributed by atoms with Crippen LogP contribution >= 0.6 is 0 Å². The van der Waals surface area contributed by atoms with Gasteiger partial charge in [0, 0.05) is 18.7 Å². The summed E-state index contributed by atoms with van der Waals surface area (Å²) in [5.74, 6) is 0. The second kappa shape index (κ2) is 6.73. The quantitative estimate of drug-likeness (QED) is 0.773. The highest BCUT2D eigenvalue weighted by Crippen LogP contribution is 2.34. The van der Waals surface area contributed by atoms with E-state index in [1.54, 1.807) is 6.92 Å². The lowest BCUT2D eigenvalue weighted by molar-refractivity contribution is -0.192. The number of hydrogen-bond donors (Lipinski definition) is 2. The summed E-state index contributed by atoms with van der Waals surface area (Å²) in [6, 6.07) is -2.52. The van der Waals surface area contributed by atoms with Crippen LogP contribution in [0.3, 0.4) is 0 Å². The summed E-state index contributed by atoms with van der Waals surface area (Å²) in [6.45, 7) is 2.16. The molecule has 3 nitrogen and oxygen atoms in total.